The summed E-state index contributed by atoms with van der Waals surface area (Å²) in [6.45, 7) is 6.35. The number of carbonyl (C=O) groups is 3. The summed E-state index contributed by atoms with van der Waals surface area (Å²) in [6, 6.07) is 22.4. The number of thiophene rings is 1. The van der Waals surface area contributed by atoms with Crippen LogP contribution in [0.5, 0.6) is 5.75 Å². The smallest absolute Gasteiger partial charge is 0.412 e. The van der Waals surface area contributed by atoms with Gasteiger partial charge in [0.1, 0.15) is 17.0 Å². The van der Waals surface area contributed by atoms with E-state index in [0.29, 0.717) is 47.3 Å². The third-order valence-electron chi connectivity index (χ3n) is 9.19. The number of hydrogen-bond acceptors (Lipinski definition) is 6. The van der Waals surface area contributed by atoms with Gasteiger partial charge in [-0.3, -0.25) is 14.9 Å². The van der Waals surface area contributed by atoms with Crippen LogP contribution in [0.3, 0.4) is 0 Å². The molecule has 4 heterocycles. The number of aromatic nitrogens is 1. The Labute approximate surface area is 291 Å². The number of aromatic amines is 1. The zero-order valence-corrected chi connectivity index (χ0v) is 28.7. The third-order valence-corrected chi connectivity index (χ3v) is 10.7. The number of phenols is 1. The fourth-order valence-corrected chi connectivity index (χ4v) is 8.35. The highest BCUT2D eigenvalue weighted by Gasteiger charge is 2.36. The van der Waals surface area contributed by atoms with Gasteiger partial charge in [0.2, 0.25) is 0 Å². The monoisotopic (exact) mass is 692 g/mol. The number of amides is 3. The van der Waals surface area contributed by atoms with Crippen LogP contribution >= 0.6 is 22.9 Å². The Hall–Kier alpha value is -5.06. The molecule has 3 amide bonds. The van der Waals surface area contributed by atoms with Crippen LogP contribution in [0, 0.1) is 0 Å². The Morgan fingerprint density at radius 2 is 1.76 bits per heavy atom. The molecule has 2 aliphatic rings. The maximum Gasteiger partial charge on any atom is 0.412 e. The lowest BCUT2D eigenvalue weighted by molar-refractivity contribution is 0.0635. The summed E-state index contributed by atoms with van der Waals surface area (Å²) < 4.78 is 6.30. The zero-order chi connectivity index (χ0) is 34.2. The number of H-pyrrole nitrogens is 1. The Bertz CT molecular complexity index is 2360. The first kappa shape index (κ1) is 31.2. The zero-order valence-electron chi connectivity index (χ0n) is 27.1. The number of nitrogens with zero attached hydrogens (tertiary/aromatic N) is 2. The molecule has 4 aromatic carbocycles. The van der Waals surface area contributed by atoms with Crippen molar-refractivity contribution in [2.24, 2.45) is 0 Å². The number of rotatable bonds is 4. The molecule has 248 valence electrons. The lowest BCUT2D eigenvalue weighted by atomic mass is 9.95. The minimum atomic E-state index is -0.611. The molecule has 0 unspecified atom stereocenters. The van der Waals surface area contributed by atoms with Crippen molar-refractivity contribution in [3.63, 3.8) is 0 Å². The number of phenolic OH excluding ortho intramolecular Hbond substituents is 1. The Morgan fingerprint density at radius 3 is 2.53 bits per heavy atom. The molecule has 8 rings (SSSR count). The first-order chi connectivity index (χ1) is 23.5. The van der Waals surface area contributed by atoms with Gasteiger partial charge < -0.3 is 24.6 Å². The first-order valence-electron chi connectivity index (χ1n) is 16.1. The number of benzene rings is 4. The maximum atomic E-state index is 14.1. The van der Waals surface area contributed by atoms with Crippen LogP contribution in [0.25, 0.3) is 31.8 Å². The number of halogens is 1. The first-order valence-corrected chi connectivity index (χ1v) is 17.5. The quantitative estimate of drug-likeness (QED) is 0.160. The molecule has 0 saturated carbocycles. The van der Waals surface area contributed by atoms with Gasteiger partial charge in [-0.05, 0) is 91.6 Å². The number of carbonyl (C=O) groups excluding carboxylic acids is 3. The molecule has 0 aliphatic carbocycles. The molecule has 2 aromatic heterocycles. The van der Waals surface area contributed by atoms with E-state index < -0.39 is 11.7 Å². The minimum Gasteiger partial charge on any atom is -0.507 e. The molecular weight excluding hydrogens is 660 g/mol. The summed E-state index contributed by atoms with van der Waals surface area (Å²) in [7, 11) is 0. The SMILES string of the molecule is CC(C)(C)OC(=O)Nc1ccc2sc(C(=O)N3CCc4c3ccc3[nH]c(C(=O)N5C[C@H](CCl)c6c5cc(O)c5ccccc65)cc43)cc2c1. The Balaban J connectivity index is 1.06. The molecule has 2 aliphatic heterocycles. The fourth-order valence-electron chi connectivity index (χ4n) is 7.11. The van der Waals surface area contributed by atoms with E-state index in [1.807, 2.05) is 81.4 Å². The van der Waals surface area contributed by atoms with Crippen LogP contribution in [-0.4, -0.2) is 52.6 Å². The number of hydrogen-bond donors (Lipinski definition) is 3. The van der Waals surface area contributed by atoms with Gasteiger partial charge in [-0.1, -0.05) is 24.3 Å². The van der Waals surface area contributed by atoms with E-state index in [1.165, 1.54) is 11.3 Å². The molecule has 0 bridgehead atoms. The summed E-state index contributed by atoms with van der Waals surface area (Å²) >= 11 is 7.82. The molecule has 1 atom stereocenters. The van der Waals surface area contributed by atoms with Gasteiger partial charge in [0.05, 0.1) is 10.6 Å². The number of fused-ring (bicyclic) bond motifs is 7. The van der Waals surface area contributed by atoms with Crippen LogP contribution in [0.15, 0.2) is 72.8 Å². The average Bonchev–Trinajstić information content (AvgIpc) is 3.86. The van der Waals surface area contributed by atoms with Crippen molar-refractivity contribution in [3.05, 3.63) is 94.5 Å². The lowest BCUT2D eigenvalue weighted by Crippen LogP contribution is -2.30. The van der Waals surface area contributed by atoms with Crippen molar-refractivity contribution in [3.8, 4) is 5.75 Å². The molecule has 0 radical (unpaired) electrons. The standard InChI is InChI=1S/C38H33ClN4O5S/c1-38(2,3)48-37(47)40-22-8-11-32-20(14-22)15-33(49-32)36(46)42-13-12-23-26-16-28(41-27(26)9-10-29(23)42)35(45)43-19-21(18-39)34-25-7-5-4-6-24(25)31(44)17-30(34)43/h4-11,14-17,21,41,44H,12-13,18-19H2,1-3H3,(H,40,47)/t21-/m0/s1. The summed E-state index contributed by atoms with van der Waals surface area (Å²) in [5.41, 5.74) is 4.70. The van der Waals surface area contributed by atoms with Crippen molar-refractivity contribution < 1.29 is 24.2 Å². The largest absolute Gasteiger partial charge is 0.507 e. The van der Waals surface area contributed by atoms with Crippen LogP contribution in [0.4, 0.5) is 21.9 Å². The normalized spacial score (nSPS) is 15.6. The van der Waals surface area contributed by atoms with Crippen LogP contribution in [0.2, 0.25) is 0 Å². The Kier molecular flexibility index (Phi) is 7.35. The summed E-state index contributed by atoms with van der Waals surface area (Å²) in [6.07, 6.45) is 0.116. The highest BCUT2D eigenvalue weighted by atomic mass is 35.5. The van der Waals surface area contributed by atoms with E-state index in [-0.39, 0.29) is 23.5 Å². The van der Waals surface area contributed by atoms with Gasteiger partial charge in [0, 0.05) is 63.3 Å². The van der Waals surface area contributed by atoms with Crippen molar-refractivity contribution in [1.29, 1.82) is 0 Å². The minimum absolute atomic E-state index is 0.0685. The fraction of sp³-hybridized carbons (Fsp3) is 0.237. The summed E-state index contributed by atoms with van der Waals surface area (Å²) in [5, 5.41) is 17.0. The lowest BCUT2D eigenvalue weighted by Gasteiger charge is -2.19. The van der Waals surface area contributed by atoms with E-state index in [0.717, 1.165) is 48.6 Å². The van der Waals surface area contributed by atoms with Gasteiger partial charge in [0.15, 0.2) is 0 Å². The van der Waals surface area contributed by atoms with Crippen LogP contribution in [-0.2, 0) is 11.2 Å². The second kappa shape index (κ2) is 11.5. The van der Waals surface area contributed by atoms with E-state index >= 15 is 0 Å². The van der Waals surface area contributed by atoms with Crippen molar-refractivity contribution in [2.45, 2.75) is 38.7 Å². The number of ether oxygens (including phenoxy) is 1. The number of anilines is 3. The van der Waals surface area contributed by atoms with Crippen molar-refractivity contribution in [2.75, 3.05) is 34.1 Å². The van der Waals surface area contributed by atoms with Gasteiger partial charge >= 0.3 is 6.09 Å². The highest BCUT2D eigenvalue weighted by molar-refractivity contribution is 7.21. The number of aromatic hydroxyl groups is 1. The predicted octanol–water partition coefficient (Wildman–Crippen LogP) is 8.77. The molecule has 0 saturated heterocycles. The maximum absolute atomic E-state index is 14.1. The van der Waals surface area contributed by atoms with E-state index in [2.05, 4.69) is 10.3 Å². The second-order valence-corrected chi connectivity index (χ2v) is 14.9. The molecule has 9 nitrogen and oxygen atoms in total. The molecule has 0 fully saturated rings. The van der Waals surface area contributed by atoms with Gasteiger partial charge in [-0.25, -0.2) is 4.79 Å². The molecule has 49 heavy (non-hydrogen) atoms. The molecule has 3 N–H and O–H groups in total. The second-order valence-electron chi connectivity index (χ2n) is 13.5. The van der Waals surface area contributed by atoms with Gasteiger partial charge in [-0.2, -0.15) is 0 Å². The topological polar surface area (TPSA) is 115 Å². The molecule has 11 heteroatoms. The summed E-state index contributed by atoms with van der Waals surface area (Å²) in [5.74, 6) is 0.101. The highest BCUT2D eigenvalue weighted by Crippen LogP contribution is 2.46. The molecule has 6 aromatic rings. The molecule has 0 spiro atoms. The van der Waals surface area contributed by atoms with Crippen molar-refractivity contribution >= 4 is 89.7 Å². The van der Waals surface area contributed by atoms with Crippen LogP contribution in [0.1, 0.15) is 58.0 Å². The summed E-state index contributed by atoms with van der Waals surface area (Å²) in [4.78, 5) is 47.6. The van der Waals surface area contributed by atoms with E-state index in [1.54, 1.807) is 21.9 Å². The van der Waals surface area contributed by atoms with E-state index in [9.17, 15) is 19.5 Å². The number of alkyl halides is 1. The van der Waals surface area contributed by atoms with Crippen molar-refractivity contribution in [1.82, 2.24) is 4.98 Å². The third kappa shape index (κ3) is 5.35. The average molecular weight is 693 g/mol. The Morgan fingerprint density at radius 1 is 0.959 bits per heavy atom. The van der Waals surface area contributed by atoms with Gasteiger partial charge in [-0.15, -0.1) is 22.9 Å². The predicted molar refractivity (Wildman–Crippen MR) is 196 cm³/mol. The van der Waals surface area contributed by atoms with E-state index in [4.69, 9.17) is 16.3 Å². The molecular formula is C38H33ClN4O5S. The van der Waals surface area contributed by atoms with Crippen LogP contribution < -0.4 is 15.1 Å². The number of nitrogens with one attached hydrogen (secondary N) is 2. The van der Waals surface area contributed by atoms with Gasteiger partial charge in [0.25, 0.3) is 11.8 Å².